The van der Waals surface area contributed by atoms with E-state index in [9.17, 15) is 48.4 Å². The summed E-state index contributed by atoms with van der Waals surface area (Å²) in [5.41, 5.74) is 3.10. The summed E-state index contributed by atoms with van der Waals surface area (Å²) in [4.78, 5) is 31.3. The van der Waals surface area contributed by atoms with Crippen molar-refractivity contribution in [3.8, 4) is 45.5 Å². The largest absolute Gasteiger partial charge is 0.438 e. The first-order chi connectivity index (χ1) is 29.8. The van der Waals surface area contributed by atoms with Crippen molar-refractivity contribution in [1.29, 1.82) is 0 Å². The van der Waals surface area contributed by atoms with Crippen LogP contribution in [-0.4, -0.2) is 31.2 Å². The summed E-state index contributed by atoms with van der Waals surface area (Å²) in [6.45, 7) is 0.459. The lowest BCUT2D eigenvalue weighted by Crippen LogP contribution is -2.09. The number of aromatic amines is 1. The summed E-state index contributed by atoms with van der Waals surface area (Å²) in [5, 5.41) is 10.1. The highest BCUT2D eigenvalue weighted by atomic mass is 32.5. The normalized spacial score (nSPS) is 14.0. The molecule has 8 aromatic rings. The van der Waals surface area contributed by atoms with Crippen molar-refractivity contribution < 1.29 is 53.4 Å². The molecule has 0 aliphatic rings. The van der Waals surface area contributed by atoms with Crippen LogP contribution in [0.4, 0.5) is 38.9 Å². The maximum absolute atomic E-state index is 13.0. The van der Waals surface area contributed by atoms with Gasteiger partial charge in [0.2, 0.25) is 11.8 Å². The highest BCUT2D eigenvalue weighted by Gasteiger charge is 2.66. The van der Waals surface area contributed by atoms with Crippen LogP contribution in [-0.2, 0) is 6.54 Å². The number of aliphatic hydroxyl groups excluding tert-OH is 1. The molecule has 4 aromatic heterocycles. The lowest BCUT2D eigenvalue weighted by Gasteiger charge is -2.40. The van der Waals surface area contributed by atoms with Gasteiger partial charge in [-0.3, -0.25) is 9.59 Å². The summed E-state index contributed by atoms with van der Waals surface area (Å²) < 4.78 is 142. The van der Waals surface area contributed by atoms with Crippen LogP contribution < -0.4 is 20.3 Å². The van der Waals surface area contributed by atoms with Gasteiger partial charge in [-0.1, -0.05) is 51.0 Å². The van der Waals surface area contributed by atoms with Crippen LogP contribution in [0.1, 0.15) is 6.42 Å². The van der Waals surface area contributed by atoms with Gasteiger partial charge >= 0.3 is 20.4 Å². The Bertz CT molecular complexity index is 3180. The van der Waals surface area contributed by atoms with Gasteiger partial charge < -0.3 is 24.1 Å². The highest BCUT2D eigenvalue weighted by Crippen LogP contribution is 3.02. The van der Waals surface area contributed by atoms with E-state index in [4.69, 9.17) is 14.6 Å². The number of H-pyrrole nitrogens is 1. The van der Waals surface area contributed by atoms with Gasteiger partial charge in [-0.15, -0.1) is 0 Å². The number of rotatable bonds is 11. The molecule has 0 bridgehead atoms. The maximum Gasteiger partial charge on any atom is 0.310 e. The maximum atomic E-state index is 13.0. The monoisotopic (exact) mass is 938 g/mol. The minimum atomic E-state index is -9.78. The van der Waals surface area contributed by atoms with Gasteiger partial charge in [0.05, 0.1) is 5.52 Å². The number of aliphatic hydroxyl groups is 1. The molecular weight excluding hydrogens is 907 g/mol. The van der Waals surface area contributed by atoms with Gasteiger partial charge in [0.25, 0.3) is 0 Å². The zero-order chi connectivity index (χ0) is 46.3. The molecule has 21 heteroatoms. The zero-order valence-electron chi connectivity index (χ0n) is 32.5. The van der Waals surface area contributed by atoms with E-state index in [1.54, 1.807) is 66.9 Å². The number of benzene rings is 4. The Balaban J connectivity index is 0.000000193. The second kappa shape index (κ2) is 15.2. The van der Waals surface area contributed by atoms with Crippen molar-refractivity contribution in [2.45, 2.75) is 22.8 Å². The number of pyridine rings is 4. The van der Waals surface area contributed by atoms with Crippen LogP contribution >= 0.6 is 20.4 Å². The predicted molar refractivity (Wildman–Crippen MR) is 227 cm³/mol. The molecule has 4 aromatic carbocycles. The molecule has 0 fully saturated rings. The second-order valence-electron chi connectivity index (χ2n) is 14.1. The number of hydrogen-bond acceptors (Lipinski definition) is 7. The van der Waals surface area contributed by atoms with Gasteiger partial charge in [0.15, 0.2) is 10.9 Å². The fraction of sp³-hybridized carbons (Fsp3) is 0.0698. The number of ether oxygens (including phenoxy) is 2. The Hall–Kier alpha value is -6.84. The lowest BCUT2D eigenvalue weighted by atomic mass is 10.0. The van der Waals surface area contributed by atoms with E-state index in [-0.39, 0.29) is 65.0 Å². The van der Waals surface area contributed by atoms with Crippen LogP contribution in [0.3, 0.4) is 0 Å². The molecule has 4 heterocycles. The smallest absolute Gasteiger partial charge is 0.310 e. The number of nitrogens with one attached hydrogen (secondary N) is 1. The SMILES string of the molecule is O=c1cc[nH]c2cc(-c3cccnc3Oc3ccc(S(F)(F)(F)(F)F)cc3)ccc12.O=c1ccn(CCCO)c2cc(-c3cccnc3Oc3ccc(S(F)(F)(F)(F)F)cc3)ccc12. The molecule has 0 radical (unpaired) electrons. The first kappa shape index (κ1) is 45.2. The minimum absolute atomic E-state index is 0.0191. The second-order valence-corrected chi connectivity index (χ2v) is 18.9. The van der Waals surface area contributed by atoms with E-state index < -0.39 is 30.2 Å². The van der Waals surface area contributed by atoms with Crippen molar-refractivity contribution in [2.24, 2.45) is 0 Å². The Labute approximate surface area is 355 Å². The standard InChI is InChI=1S/C23H19F5N2O3S.C20H13F5N2O2S/c24-34(25,26,27,28)18-7-5-17(6-8-18)33-23-19(3-1-11-29-23)16-4-9-20-21(15-16)30(12-2-14-31)13-10-22(20)32;21-30(22,23,24,25)15-6-4-14(5-7-15)29-20-16(2-1-10-27-20)13-3-8-17-18(12-13)26-11-9-19(17)28/h1,3-11,13,15,31H,2,12,14H2;1-12H,(H,26,28). The summed E-state index contributed by atoms with van der Waals surface area (Å²) in [7, 11) is -19.5. The van der Waals surface area contributed by atoms with Crippen molar-refractivity contribution >= 4 is 42.3 Å². The molecule has 0 saturated heterocycles. The molecule has 0 aliphatic heterocycles. The Kier molecular flexibility index (Phi) is 10.7. The summed E-state index contributed by atoms with van der Waals surface area (Å²) in [5.74, 6) is -0.0849. The number of nitrogens with zero attached hydrogens (tertiary/aromatic N) is 3. The van der Waals surface area contributed by atoms with Crippen LogP contribution in [0, 0.1) is 0 Å². The van der Waals surface area contributed by atoms with E-state index in [1.807, 2.05) is 4.57 Å². The molecule has 0 aliphatic carbocycles. The molecule has 0 spiro atoms. The average Bonchev–Trinajstić information content (AvgIpc) is 3.23. The van der Waals surface area contributed by atoms with E-state index in [0.29, 0.717) is 57.0 Å². The molecule has 0 atom stereocenters. The predicted octanol–water partition coefficient (Wildman–Crippen LogP) is 13.9. The quantitative estimate of drug-likeness (QED) is 0.124. The molecule has 64 heavy (non-hydrogen) atoms. The topological polar surface area (TPSA) is 119 Å². The van der Waals surface area contributed by atoms with Gasteiger partial charge in [0, 0.05) is 77.5 Å². The molecule has 336 valence electrons. The molecule has 0 saturated carbocycles. The molecule has 2 N–H and O–H groups in total. The van der Waals surface area contributed by atoms with Crippen LogP contribution in [0.5, 0.6) is 23.3 Å². The number of hydrogen-bond donors (Lipinski definition) is 2. The third kappa shape index (κ3) is 10.5. The van der Waals surface area contributed by atoms with Crippen molar-refractivity contribution in [2.75, 3.05) is 6.61 Å². The van der Waals surface area contributed by atoms with Gasteiger partial charge in [0.1, 0.15) is 21.3 Å². The minimum Gasteiger partial charge on any atom is -0.438 e. The van der Waals surface area contributed by atoms with Crippen LogP contribution in [0.25, 0.3) is 44.1 Å². The third-order valence-electron chi connectivity index (χ3n) is 9.43. The van der Waals surface area contributed by atoms with Crippen LogP contribution in [0.2, 0.25) is 0 Å². The van der Waals surface area contributed by atoms with Crippen molar-refractivity contribution in [3.05, 3.63) is 167 Å². The fourth-order valence-corrected chi connectivity index (χ4v) is 7.69. The van der Waals surface area contributed by atoms with Crippen molar-refractivity contribution in [1.82, 2.24) is 19.5 Å². The molecule has 8 rings (SSSR count). The Morgan fingerprint density at radius 2 is 1.06 bits per heavy atom. The number of aromatic nitrogens is 4. The van der Waals surface area contributed by atoms with E-state index in [2.05, 4.69) is 15.0 Å². The molecule has 0 unspecified atom stereocenters. The Morgan fingerprint density at radius 1 is 0.578 bits per heavy atom. The molecular formula is C43H32F10N4O5S2. The highest BCUT2D eigenvalue weighted by molar-refractivity contribution is 8.46. The summed E-state index contributed by atoms with van der Waals surface area (Å²) >= 11 is 0. The molecule has 0 amide bonds. The van der Waals surface area contributed by atoms with Crippen molar-refractivity contribution in [3.63, 3.8) is 0 Å². The van der Waals surface area contributed by atoms with Gasteiger partial charge in [-0.25, -0.2) is 9.97 Å². The summed E-state index contributed by atoms with van der Waals surface area (Å²) in [6, 6.07) is 23.9. The van der Waals surface area contributed by atoms with Gasteiger partial charge in [-0.05, 0) is 115 Å². The number of halogens is 10. The summed E-state index contributed by atoms with van der Waals surface area (Å²) in [6.07, 6.45) is 6.46. The first-order valence-corrected chi connectivity index (χ1v) is 22.5. The number of fused-ring (bicyclic) bond motifs is 2. The third-order valence-corrected chi connectivity index (χ3v) is 11.8. The van der Waals surface area contributed by atoms with Crippen LogP contribution in [0.15, 0.2) is 165 Å². The first-order valence-electron chi connectivity index (χ1n) is 18.6. The van der Waals surface area contributed by atoms with E-state index in [0.717, 1.165) is 24.3 Å². The lowest BCUT2D eigenvalue weighted by molar-refractivity contribution is 0.280. The fourth-order valence-electron chi connectivity index (χ4n) is 6.39. The molecule has 9 nitrogen and oxygen atoms in total. The average molecular weight is 939 g/mol. The van der Waals surface area contributed by atoms with E-state index in [1.165, 1.54) is 30.7 Å². The van der Waals surface area contributed by atoms with E-state index >= 15 is 0 Å². The van der Waals surface area contributed by atoms with Gasteiger partial charge in [-0.2, -0.15) is 0 Å². The zero-order valence-corrected chi connectivity index (χ0v) is 34.1. The number of aryl methyl sites for hydroxylation is 1. The Morgan fingerprint density at radius 3 is 1.56 bits per heavy atom.